The molecule has 6 nitrogen and oxygen atoms in total. The van der Waals surface area contributed by atoms with Crippen molar-refractivity contribution in [3.63, 3.8) is 0 Å². The Bertz CT molecular complexity index is 889. The summed E-state index contributed by atoms with van der Waals surface area (Å²) in [6.45, 7) is 1.96. The summed E-state index contributed by atoms with van der Waals surface area (Å²) in [6, 6.07) is 11.2. The molecule has 1 fully saturated rings. The van der Waals surface area contributed by atoms with E-state index in [1.54, 1.807) is 12.3 Å². The molecule has 0 bridgehead atoms. The lowest BCUT2D eigenvalue weighted by atomic mass is 10.2. The number of amides is 1. The number of anilines is 2. The summed E-state index contributed by atoms with van der Waals surface area (Å²) < 4.78 is 0. The van der Waals surface area contributed by atoms with E-state index in [0.717, 1.165) is 48.3 Å². The highest BCUT2D eigenvalue weighted by atomic mass is 16.1. The highest BCUT2D eigenvalue weighted by molar-refractivity contribution is 6.04. The van der Waals surface area contributed by atoms with E-state index in [9.17, 15) is 4.79 Å². The summed E-state index contributed by atoms with van der Waals surface area (Å²) in [4.78, 5) is 27.3. The summed E-state index contributed by atoms with van der Waals surface area (Å²) in [5.74, 6) is 0.580. The van der Waals surface area contributed by atoms with Crippen molar-refractivity contribution in [2.45, 2.75) is 12.8 Å². The van der Waals surface area contributed by atoms with Crippen LogP contribution >= 0.6 is 0 Å². The molecule has 0 atom stereocenters. The van der Waals surface area contributed by atoms with Gasteiger partial charge in [0, 0.05) is 36.4 Å². The van der Waals surface area contributed by atoms with Gasteiger partial charge in [-0.3, -0.25) is 9.78 Å². The summed E-state index contributed by atoms with van der Waals surface area (Å²) in [7, 11) is 0. The zero-order chi connectivity index (χ0) is 16.4. The van der Waals surface area contributed by atoms with Crippen LogP contribution in [0.2, 0.25) is 0 Å². The third kappa shape index (κ3) is 2.90. The highest BCUT2D eigenvalue weighted by Gasteiger charge is 2.16. The van der Waals surface area contributed by atoms with Crippen molar-refractivity contribution in [3.05, 3.63) is 54.6 Å². The Balaban J connectivity index is 1.55. The topological polar surface area (TPSA) is 71.0 Å². The van der Waals surface area contributed by atoms with Crippen molar-refractivity contribution in [1.82, 2.24) is 15.0 Å². The molecule has 0 spiro atoms. The van der Waals surface area contributed by atoms with E-state index >= 15 is 0 Å². The molecule has 3 aromatic rings. The van der Waals surface area contributed by atoms with Gasteiger partial charge in [-0.2, -0.15) is 0 Å². The van der Waals surface area contributed by atoms with Crippen molar-refractivity contribution in [3.8, 4) is 0 Å². The molecule has 0 aliphatic carbocycles. The van der Waals surface area contributed by atoms with Gasteiger partial charge in [-0.05, 0) is 37.1 Å². The number of nitrogens with zero attached hydrogens (tertiary/aromatic N) is 4. The van der Waals surface area contributed by atoms with Crippen molar-refractivity contribution in [2.24, 2.45) is 0 Å². The number of nitrogens with one attached hydrogen (secondary N) is 1. The van der Waals surface area contributed by atoms with E-state index in [0.29, 0.717) is 5.69 Å². The van der Waals surface area contributed by atoms with Crippen molar-refractivity contribution >= 4 is 28.3 Å². The Morgan fingerprint density at radius 1 is 1.04 bits per heavy atom. The maximum absolute atomic E-state index is 12.5. The lowest BCUT2D eigenvalue weighted by Gasteiger charge is -2.16. The lowest BCUT2D eigenvalue weighted by molar-refractivity contribution is 0.102. The lowest BCUT2D eigenvalue weighted by Crippen LogP contribution is -2.21. The summed E-state index contributed by atoms with van der Waals surface area (Å²) in [6.07, 6.45) is 5.53. The van der Waals surface area contributed by atoms with E-state index in [4.69, 9.17) is 0 Å². The first-order valence-electron chi connectivity index (χ1n) is 8.03. The van der Waals surface area contributed by atoms with Crippen molar-refractivity contribution in [2.75, 3.05) is 23.3 Å². The molecule has 1 saturated heterocycles. The Hall–Kier alpha value is -3.02. The first kappa shape index (κ1) is 14.6. The van der Waals surface area contributed by atoms with Crippen LogP contribution in [0.5, 0.6) is 0 Å². The molecule has 1 aromatic carbocycles. The van der Waals surface area contributed by atoms with Crippen LogP contribution in [0.15, 0.2) is 48.9 Å². The molecular formula is C18H17N5O. The van der Waals surface area contributed by atoms with Crippen LogP contribution in [-0.2, 0) is 0 Å². The van der Waals surface area contributed by atoms with Gasteiger partial charge in [0.15, 0.2) is 0 Å². The quantitative estimate of drug-likeness (QED) is 0.804. The highest BCUT2D eigenvalue weighted by Crippen LogP contribution is 2.20. The van der Waals surface area contributed by atoms with Crippen LogP contribution in [0.3, 0.4) is 0 Å². The molecule has 1 aliphatic heterocycles. The van der Waals surface area contributed by atoms with Crippen LogP contribution in [0.1, 0.15) is 23.3 Å². The maximum atomic E-state index is 12.5. The average molecular weight is 319 g/mol. The van der Waals surface area contributed by atoms with Gasteiger partial charge in [0.2, 0.25) is 0 Å². The molecule has 6 heteroatoms. The van der Waals surface area contributed by atoms with E-state index in [2.05, 4.69) is 25.2 Å². The predicted molar refractivity (Wildman–Crippen MR) is 93.2 cm³/mol. The minimum absolute atomic E-state index is 0.235. The maximum Gasteiger partial charge on any atom is 0.274 e. The Morgan fingerprint density at radius 2 is 1.92 bits per heavy atom. The number of pyridine rings is 1. The van der Waals surface area contributed by atoms with Crippen molar-refractivity contribution < 1.29 is 4.79 Å². The van der Waals surface area contributed by atoms with Crippen LogP contribution in [-0.4, -0.2) is 33.9 Å². The standard InChI is InChI=1S/C18H17N5O/c24-18(16-11-17(21-12-20-16)23-8-1-2-9-23)22-14-5-6-15-13(10-14)4-3-7-19-15/h3-7,10-12H,1-2,8-9H2,(H,22,24). The summed E-state index contributed by atoms with van der Waals surface area (Å²) in [5.41, 5.74) is 1.99. The van der Waals surface area contributed by atoms with Gasteiger partial charge in [0.1, 0.15) is 17.8 Å². The molecule has 24 heavy (non-hydrogen) atoms. The second-order valence-electron chi connectivity index (χ2n) is 5.82. The van der Waals surface area contributed by atoms with Gasteiger partial charge in [0.05, 0.1) is 5.52 Å². The zero-order valence-electron chi connectivity index (χ0n) is 13.1. The van der Waals surface area contributed by atoms with E-state index < -0.39 is 0 Å². The molecule has 0 unspecified atom stereocenters. The third-order valence-corrected chi connectivity index (χ3v) is 4.18. The molecule has 4 rings (SSSR count). The minimum Gasteiger partial charge on any atom is -0.357 e. The van der Waals surface area contributed by atoms with Gasteiger partial charge in [-0.15, -0.1) is 0 Å². The van der Waals surface area contributed by atoms with Crippen LogP contribution < -0.4 is 10.2 Å². The van der Waals surface area contributed by atoms with Gasteiger partial charge in [-0.25, -0.2) is 9.97 Å². The van der Waals surface area contributed by atoms with E-state index in [-0.39, 0.29) is 5.91 Å². The SMILES string of the molecule is O=C(Nc1ccc2ncccc2c1)c1cc(N2CCCC2)ncn1. The van der Waals surface area contributed by atoms with Gasteiger partial charge < -0.3 is 10.2 Å². The summed E-state index contributed by atoms with van der Waals surface area (Å²) >= 11 is 0. The minimum atomic E-state index is -0.235. The molecular weight excluding hydrogens is 302 g/mol. The van der Waals surface area contributed by atoms with Crippen LogP contribution in [0.25, 0.3) is 10.9 Å². The van der Waals surface area contributed by atoms with E-state index in [1.165, 1.54) is 6.33 Å². The van der Waals surface area contributed by atoms with Crippen molar-refractivity contribution in [1.29, 1.82) is 0 Å². The molecule has 120 valence electrons. The normalized spacial score (nSPS) is 14.1. The molecule has 2 aromatic heterocycles. The first-order valence-corrected chi connectivity index (χ1v) is 8.03. The Kier molecular flexibility index (Phi) is 3.78. The van der Waals surface area contributed by atoms with Crippen LogP contribution in [0.4, 0.5) is 11.5 Å². The number of fused-ring (bicyclic) bond motifs is 1. The summed E-state index contributed by atoms with van der Waals surface area (Å²) in [5, 5.41) is 3.87. The Labute approximate surface area is 139 Å². The fraction of sp³-hybridized carbons (Fsp3) is 0.222. The largest absolute Gasteiger partial charge is 0.357 e. The fourth-order valence-corrected chi connectivity index (χ4v) is 2.94. The zero-order valence-corrected chi connectivity index (χ0v) is 13.1. The number of aromatic nitrogens is 3. The molecule has 1 aliphatic rings. The van der Waals surface area contributed by atoms with Gasteiger partial charge in [-0.1, -0.05) is 6.07 Å². The third-order valence-electron chi connectivity index (χ3n) is 4.18. The van der Waals surface area contributed by atoms with Crippen LogP contribution in [0, 0.1) is 0 Å². The number of hydrogen-bond acceptors (Lipinski definition) is 5. The molecule has 3 heterocycles. The molecule has 1 amide bonds. The number of rotatable bonds is 3. The Morgan fingerprint density at radius 3 is 2.79 bits per heavy atom. The van der Waals surface area contributed by atoms with Gasteiger partial charge in [0.25, 0.3) is 5.91 Å². The second-order valence-corrected chi connectivity index (χ2v) is 5.82. The smallest absolute Gasteiger partial charge is 0.274 e. The molecule has 1 N–H and O–H groups in total. The number of carbonyl (C=O) groups is 1. The second kappa shape index (κ2) is 6.23. The fourth-order valence-electron chi connectivity index (χ4n) is 2.94. The number of carbonyl (C=O) groups excluding carboxylic acids is 1. The van der Waals surface area contributed by atoms with Gasteiger partial charge >= 0.3 is 0 Å². The first-order chi connectivity index (χ1) is 11.8. The average Bonchev–Trinajstić information content (AvgIpc) is 3.16. The number of benzene rings is 1. The molecule has 0 radical (unpaired) electrons. The monoisotopic (exact) mass is 319 g/mol. The van der Waals surface area contributed by atoms with E-state index in [1.807, 2.05) is 30.3 Å². The molecule has 0 saturated carbocycles. The number of hydrogen-bond donors (Lipinski definition) is 1. The predicted octanol–water partition coefficient (Wildman–Crippen LogP) is 2.88.